The number of amides is 5. The van der Waals surface area contributed by atoms with E-state index in [4.69, 9.17) is 10.5 Å². The van der Waals surface area contributed by atoms with Crippen molar-refractivity contribution in [1.82, 2.24) is 10.2 Å². The third kappa shape index (κ3) is 3.69. The van der Waals surface area contributed by atoms with Crippen molar-refractivity contribution >= 4 is 29.4 Å². The number of primary amides is 1. The van der Waals surface area contributed by atoms with E-state index < -0.39 is 35.8 Å². The predicted octanol–water partition coefficient (Wildman–Crippen LogP) is 1.51. The van der Waals surface area contributed by atoms with Crippen LogP contribution in [0.15, 0.2) is 42.5 Å². The Labute approximate surface area is 173 Å². The Bertz CT molecular complexity index is 1050. The number of nitrogens with zero attached hydrogens (tertiary/aromatic N) is 1. The molecular formula is C21H22N4O5. The summed E-state index contributed by atoms with van der Waals surface area (Å²) in [5.74, 6) is -1.25. The van der Waals surface area contributed by atoms with Crippen molar-refractivity contribution in [3.05, 3.63) is 59.2 Å². The zero-order valence-electron chi connectivity index (χ0n) is 16.8. The molecule has 2 aromatic carbocycles. The highest BCUT2D eigenvalue weighted by Gasteiger charge is 2.49. The molecule has 2 aromatic rings. The van der Waals surface area contributed by atoms with Crippen LogP contribution in [0.2, 0.25) is 0 Å². The molecule has 9 nitrogen and oxygen atoms in total. The van der Waals surface area contributed by atoms with Crippen molar-refractivity contribution in [1.29, 1.82) is 0 Å². The summed E-state index contributed by atoms with van der Waals surface area (Å²) in [5.41, 5.74) is 5.69. The third-order valence-electron chi connectivity index (χ3n) is 5.02. The summed E-state index contributed by atoms with van der Waals surface area (Å²) < 4.78 is 5.23. The van der Waals surface area contributed by atoms with Crippen LogP contribution in [0.1, 0.15) is 28.4 Å². The highest BCUT2D eigenvalue weighted by Crippen LogP contribution is 2.31. The highest BCUT2D eigenvalue weighted by molar-refractivity contribution is 6.11. The fourth-order valence-electron chi connectivity index (χ4n) is 3.37. The molecule has 0 bridgehead atoms. The molecule has 0 radical (unpaired) electrons. The molecule has 1 unspecified atom stereocenters. The van der Waals surface area contributed by atoms with E-state index in [0.717, 1.165) is 10.5 Å². The molecular weight excluding hydrogens is 388 g/mol. The van der Waals surface area contributed by atoms with Gasteiger partial charge in [0.1, 0.15) is 17.8 Å². The molecule has 1 aliphatic heterocycles. The average molecular weight is 410 g/mol. The van der Waals surface area contributed by atoms with Crippen molar-refractivity contribution in [2.75, 3.05) is 19.0 Å². The summed E-state index contributed by atoms with van der Waals surface area (Å²) in [5, 5.41) is 5.17. The van der Waals surface area contributed by atoms with Gasteiger partial charge in [-0.05, 0) is 49.2 Å². The molecule has 5 amide bonds. The number of anilines is 1. The number of carbonyl (C=O) groups excluding carboxylic acids is 4. The minimum absolute atomic E-state index is 0.126. The van der Waals surface area contributed by atoms with Gasteiger partial charge in [0, 0.05) is 0 Å². The molecule has 9 heteroatoms. The summed E-state index contributed by atoms with van der Waals surface area (Å²) in [7, 11) is 1.54. The lowest BCUT2D eigenvalue weighted by Gasteiger charge is -2.23. The van der Waals surface area contributed by atoms with Crippen molar-refractivity contribution in [3.8, 4) is 5.75 Å². The minimum Gasteiger partial charge on any atom is -0.496 e. The summed E-state index contributed by atoms with van der Waals surface area (Å²) in [6, 6.07) is 10.7. The van der Waals surface area contributed by atoms with Gasteiger partial charge in [-0.2, -0.15) is 0 Å². The zero-order valence-corrected chi connectivity index (χ0v) is 16.8. The van der Waals surface area contributed by atoms with Gasteiger partial charge in [0.25, 0.3) is 11.8 Å². The summed E-state index contributed by atoms with van der Waals surface area (Å²) in [6.07, 6.45) is 0. The van der Waals surface area contributed by atoms with E-state index >= 15 is 0 Å². The molecule has 0 aromatic heterocycles. The van der Waals surface area contributed by atoms with Crippen molar-refractivity contribution in [3.63, 3.8) is 0 Å². The Balaban J connectivity index is 1.79. The van der Waals surface area contributed by atoms with Gasteiger partial charge in [-0.15, -0.1) is 0 Å². The molecule has 1 atom stereocenters. The Morgan fingerprint density at radius 3 is 2.53 bits per heavy atom. The molecule has 1 aliphatic rings. The molecule has 0 spiro atoms. The molecule has 3 rings (SSSR count). The Hall–Kier alpha value is -3.88. The maximum Gasteiger partial charge on any atom is 0.325 e. The van der Waals surface area contributed by atoms with Crippen LogP contribution in [0, 0.1) is 6.92 Å². The van der Waals surface area contributed by atoms with Gasteiger partial charge in [-0.3, -0.25) is 19.3 Å². The normalized spacial score (nSPS) is 18.2. The van der Waals surface area contributed by atoms with E-state index in [-0.39, 0.29) is 11.3 Å². The number of hydrogen-bond acceptors (Lipinski definition) is 5. The smallest absolute Gasteiger partial charge is 0.325 e. The van der Waals surface area contributed by atoms with Crippen LogP contribution < -0.4 is 21.1 Å². The number of hydrogen-bond donors (Lipinski definition) is 3. The summed E-state index contributed by atoms with van der Waals surface area (Å²) >= 11 is 0. The van der Waals surface area contributed by atoms with Gasteiger partial charge in [0.15, 0.2) is 0 Å². The standard InChI is InChI=1S/C21H22N4O5/c1-12-10-13(8-9-16(12)30-3)21(2)19(28)25(20(29)24-21)11-17(26)23-15-7-5-4-6-14(15)18(22)27/h4-10H,11H2,1-3H3,(H2,22,27)(H,23,26)(H,24,29). The Morgan fingerprint density at radius 2 is 1.90 bits per heavy atom. The minimum atomic E-state index is -1.32. The van der Waals surface area contributed by atoms with Gasteiger partial charge in [0.2, 0.25) is 5.91 Å². The lowest BCUT2D eigenvalue weighted by Crippen LogP contribution is -2.42. The van der Waals surface area contributed by atoms with Crippen LogP contribution in [-0.2, 0) is 15.1 Å². The fourth-order valence-corrected chi connectivity index (χ4v) is 3.37. The largest absolute Gasteiger partial charge is 0.496 e. The number of benzene rings is 2. The maximum absolute atomic E-state index is 13.0. The number of para-hydroxylation sites is 1. The van der Waals surface area contributed by atoms with E-state index in [9.17, 15) is 19.2 Å². The molecule has 1 fully saturated rings. The van der Waals surface area contributed by atoms with Crippen LogP contribution in [0.3, 0.4) is 0 Å². The predicted molar refractivity (Wildman–Crippen MR) is 109 cm³/mol. The number of nitrogens with two attached hydrogens (primary N) is 1. The quantitative estimate of drug-likeness (QED) is 0.621. The molecule has 1 heterocycles. The number of imide groups is 1. The number of aryl methyl sites for hydroxylation is 1. The zero-order chi connectivity index (χ0) is 22.1. The molecule has 0 aliphatic carbocycles. The number of rotatable bonds is 6. The van der Waals surface area contributed by atoms with Crippen molar-refractivity contribution in [2.45, 2.75) is 19.4 Å². The summed E-state index contributed by atoms with van der Waals surface area (Å²) in [4.78, 5) is 50.3. The van der Waals surface area contributed by atoms with Crippen LogP contribution in [0.5, 0.6) is 5.75 Å². The second-order valence-corrected chi connectivity index (χ2v) is 7.09. The first kappa shape index (κ1) is 20.8. The Kier molecular flexibility index (Phi) is 5.46. The summed E-state index contributed by atoms with van der Waals surface area (Å²) in [6.45, 7) is 2.89. The molecule has 30 heavy (non-hydrogen) atoms. The second kappa shape index (κ2) is 7.86. The van der Waals surface area contributed by atoms with E-state index in [1.807, 2.05) is 6.92 Å². The first-order valence-corrected chi connectivity index (χ1v) is 9.15. The first-order chi connectivity index (χ1) is 14.2. The molecule has 1 saturated heterocycles. The highest BCUT2D eigenvalue weighted by atomic mass is 16.5. The number of carbonyl (C=O) groups is 4. The van der Waals surface area contributed by atoms with Crippen molar-refractivity contribution < 1.29 is 23.9 Å². The lowest BCUT2D eigenvalue weighted by molar-refractivity contribution is -0.133. The van der Waals surface area contributed by atoms with Crippen LogP contribution in [0.25, 0.3) is 0 Å². The monoisotopic (exact) mass is 410 g/mol. The fraction of sp³-hybridized carbons (Fsp3) is 0.238. The number of methoxy groups -OCH3 is 1. The van der Waals surface area contributed by atoms with Gasteiger partial charge < -0.3 is 21.1 Å². The van der Waals surface area contributed by atoms with E-state index in [0.29, 0.717) is 11.3 Å². The van der Waals surface area contributed by atoms with Gasteiger partial charge in [-0.25, -0.2) is 4.79 Å². The number of ether oxygens (including phenoxy) is 1. The SMILES string of the molecule is COc1ccc(C2(C)NC(=O)N(CC(=O)Nc3ccccc3C(N)=O)C2=O)cc1C. The Morgan fingerprint density at radius 1 is 1.20 bits per heavy atom. The van der Waals surface area contributed by atoms with E-state index in [2.05, 4.69) is 10.6 Å². The first-order valence-electron chi connectivity index (χ1n) is 9.15. The second-order valence-electron chi connectivity index (χ2n) is 7.09. The van der Waals surface area contributed by atoms with E-state index in [1.165, 1.54) is 12.1 Å². The molecule has 0 saturated carbocycles. The topological polar surface area (TPSA) is 131 Å². The number of urea groups is 1. The van der Waals surface area contributed by atoms with Crippen LogP contribution in [0.4, 0.5) is 10.5 Å². The van der Waals surface area contributed by atoms with Crippen LogP contribution >= 0.6 is 0 Å². The lowest BCUT2D eigenvalue weighted by atomic mass is 9.90. The van der Waals surface area contributed by atoms with Crippen LogP contribution in [-0.4, -0.2) is 42.3 Å². The molecule has 156 valence electrons. The van der Waals surface area contributed by atoms with Gasteiger partial charge >= 0.3 is 6.03 Å². The van der Waals surface area contributed by atoms with Crippen molar-refractivity contribution in [2.24, 2.45) is 5.73 Å². The maximum atomic E-state index is 13.0. The van der Waals surface area contributed by atoms with Gasteiger partial charge in [0.05, 0.1) is 18.4 Å². The number of nitrogens with one attached hydrogen (secondary N) is 2. The molecule has 4 N–H and O–H groups in total. The average Bonchev–Trinajstić information content (AvgIpc) is 2.92. The van der Waals surface area contributed by atoms with E-state index in [1.54, 1.807) is 44.4 Å². The van der Waals surface area contributed by atoms with Gasteiger partial charge in [-0.1, -0.05) is 18.2 Å². The third-order valence-corrected chi connectivity index (χ3v) is 5.02.